The van der Waals surface area contributed by atoms with Gasteiger partial charge < -0.3 is 25.1 Å². The quantitative estimate of drug-likeness (QED) is 0.135. The molecular formula is C36H49ClF18N7O3P. The summed E-state index contributed by atoms with van der Waals surface area (Å²) >= 11 is 0. The van der Waals surface area contributed by atoms with Crippen molar-refractivity contribution >= 4 is 38.2 Å². The minimum atomic E-state index is -10.7. The van der Waals surface area contributed by atoms with Gasteiger partial charge in [-0.25, -0.2) is 4.58 Å². The Morgan fingerprint density at radius 2 is 1.20 bits per heavy atom. The maximum Gasteiger partial charge on any atom is 0.399 e. The molecule has 0 unspecified atom stereocenters. The number of carboxylic acids is 1. The third-order valence-electron chi connectivity index (χ3n) is 7.82. The van der Waals surface area contributed by atoms with Gasteiger partial charge in [0.25, 0.3) is 0 Å². The van der Waals surface area contributed by atoms with E-state index in [2.05, 4.69) is 20.2 Å². The Hall–Kier alpha value is -4.01. The van der Waals surface area contributed by atoms with E-state index < -0.39 is 61.6 Å². The molecule has 2 N–H and O–H groups in total. The van der Waals surface area contributed by atoms with Crippen LogP contribution in [0.4, 0.5) is 77.9 Å². The normalized spacial score (nSPS) is 16.7. The van der Waals surface area contributed by atoms with Crippen molar-refractivity contribution in [2.75, 3.05) is 68.5 Å². The Balaban J connectivity index is 0. The molecule has 0 atom stereocenters. The third-order valence-corrected chi connectivity index (χ3v) is 7.82. The number of pyridine rings is 2. The Bertz CT molecular complexity index is 1900. The summed E-state index contributed by atoms with van der Waals surface area (Å²) in [5.74, 6) is -1.43. The minimum absolute atomic E-state index is 0. The molecule has 0 aliphatic carbocycles. The van der Waals surface area contributed by atoms with Crippen molar-refractivity contribution in [3.05, 3.63) is 69.9 Å². The summed E-state index contributed by atoms with van der Waals surface area (Å²) in [5, 5.41) is 10.5. The van der Waals surface area contributed by atoms with Crippen molar-refractivity contribution in [2.24, 2.45) is 0 Å². The number of alkyl halides is 12. The van der Waals surface area contributed by atoms with Crippen LogP contribution in [-0.4, -0.2) is 133 Å². The summed E-state index contributed by atoms with van der Waals surface area (Å²) in [7, 11) is -0.514. The number of aliphatic carboxylic acids is 1. The van der Waals surface area contributed by atoms with Gasteiger partial charge in [0.2, 0.25) is 0 Å². The molecule has 30 heteroatoms. The number of allylic oxidation sites excluding steroid dienone is 1. The molecule has 1 fully saturated rings. The van der Waals surface area contributed by atoms with E-state index in [-0.39, 0.29) is 12.4 Å². The van der Waals surface area contributed by atoms with Crippen molar-refractivity contribution in [1.82, 2.24) is 30.0 Å². The van der Waals surface area contributed by atoms with E-state index in [1.54, 1.807) is 28.2 Å². The third kappa shape index (κ3) is 33.5. The molecule has 0 saturated carbocycles. The number of hydrogen-bond donors (Lipinski definition) is 2. The second kappa shape index (κ2) is 24.8. The Morgan fingerprint density at radius 3 is 1.55 bits per heavy atom. The fraction of sp³-hybridized carbons (Fsp3) is 0.583. The number of carboxylic acid groups (broad SMARTS) is 1. The summed E-state index contributed by atoms with van der Waals surface area (Å²) in [5.41, 5.74) is 0.932. The molecule has 5 rings (SSSR count). The van der Waals surface area contributed by atoms with Crippen LogP contribution in [-0.2, 0) is 47.9 Å². The molecule has 3 aliphatic heterocycles. The van der Waals surface area contributed by atoms with Crippen molar-refractivity contribution in [1.29, 1.82) is 0 Å². The molecule has 0 amide bonds. The van der Waals surface area contributed by atoms with E-state index in [9.17, 15) is 87.5 Å². The van der Waals surface area contributed by atoms with Gasteiger partial charge in [-0.3, -0.25) is 19.6 Å². The number of fused-ring (bicyclic) bond motifs is 2. The first-order valence-corrected chi connectivity index (χ1v) is 20.5. The fourth-order valence-electron chi connectivity index (χ4n) is 5.00. The number of ketones is 1. The zero-order valence-corrected chi connectivity index (χ0v) is 37.6. The monoisotopic (exact) mass is 1040 g/mol. The SMILES string of the molecule is CN(C)/C=C(/C=[N+](C)C)C(F)(F)F.CN1CCC(=O)CC1.CN1CCc2ncc(C(F)(F)F)cc2C1.Cl.FC(F)(F)c1cnc2c(c1)CNCC2.F[P-](F)(F)(F)(F)F.O=C(O)CC(F)(F)F. The van der Waals surface area contributed by atoms with Crippen LogP contribution in [0.15, 0.2) is 36.3 Å². The topological polar surface area (TPSA) is 105 Å². The maximum atomic E-state index is 12.4. The summed E-state index contributed by atoms with van der Waals surface area (Å²) in [6, 6.07) is 2.38. The molecule has 5 heterocycles. The average molecular weight is 1040 g/mol. The van der Waals surface area contributed by atoms with E-state index >= 15 is 0 Å². The zero-order chi connectivity index (χ0) is 51.1. The number of Topliss-reactive ketones (excluding diaryl/α,β-unsaturated/α-hetero) is 1. The molecule has 0 aromatic carbocycles. The molecule has 384 valence electrons. The van der Waals surface area contributed by atoms with E-state index in [0.717, 1.165) is 81.6 Å². The summed E-state index contributed by atoms with van der Waals surface area (Å²) in [6.45, 7) is 4.58. The molecule has 10 nitrogen and oxygen atoms in total. The molecule has 2 aromatic rings. The fourth-order valence-corrected chi connectivity index (χ4v) is 5.00. The van der Waals surface area contributed by atoms with E-state index in [4.69, 9.17) is 5.11 Å². The number of aromatic nitrogens is 2. The predicted octanol–water partition coefficient (Wildman–Crippen LogP) is 10.3. The predicted molar refractivity (Wildman–Crippen MR) is 211 cm³/mol. The maximum absolute atomic E-state index is 12.4. The zero-order valence-electron chi connectivity index (χ0n) is 35.8. The van der Waals surface area contributed by atoms with Gasteiger partial charge in [-0.15, -0.1) is 12.4 Å². The van der Waals surface area contributed by atoms with E-state index in [0.29, 0.717) is 36.4 Å². The second-order valence-electron chi connectivity index (χ2n) is 14.7. The van der Waals surface area contributed by atoms with Gasteiger partial charge in [-0.1, -0.05) is 0 Å². The Morgan fingerprint density at radius 1 is 0.773 bits per heavy atom. The van der Waals surface area contributed by atoms with Gasteiger partial charge in [0.1, 0.15) is 31.9 Å². The van der Waals surface area contributed by atoms with Gasteiger partial charge in [-0.05, 0) is 37.4 Å². The number of nitrogens with zero attached hydrogens (tertiary/aromatic N) is 6. The number of likely N-dealkylation sites (N-methyl/N-ethyl adjacent to an activating group) is 1. The number of carbonyl (C=O) groups excluding carboxylic acids is 1. The van der Waals surface area contributed by atoms with E-state index in [1.807, 2.05) is 19.0 Å². The first-order chi connectivity index (χ1) is 28.9. The molecule has 66 heavy (non-hydrogen) atoms. The van der Waals surface area contributed by atoms with Crippen LogP contribution >= 0.6 is 20.2 Å². The van der Waals surface area contributed by atoms with Gasteiger partial charge in [0.05, 0.1) is 11.1 Å². The van der Waals surface area contributed by atoms with Crippen LogP contribution in [0.5, 0.6) is 0 Å². The Kier molecular flexibility index (Phi) is 24.1. The molecule has 1 saturated heterocycles. The molecule has 0 bridgehead atoms. The van der Waals surface area contributed by atoms with Gasteiger partial charge in [-0.2, -0.15) is 52.7 Å². The van der Waals surface area contributed by atoms with Gasteiger partial charge in [0, 0.05) is 109 Å². The molecule has 0 spiro atoms. The van der Waals surface area contributed by atoms with Crippen molar-refractivity contribution in [3.8, 4) is 0 Å². The largest absolute Gasteiger partial charge is 0.481 e. The first kappa shape index (κ1) is 64.1. The molecule has 0 radical (unpaired) electrons. The second-order valence-corrected chi connectivity index (χ2v) is 16.6. The average Bonchev–Trinajstić information content (AvgIpc) is 3.09. The van der Waals surface area contributed by atoms with Crippen molar-refractivity contribution in [2.45, 2.75) is 69.9 Å². The smallest absolute Gasteiger partial charge is 0.399 e. The van der Waals surface area contributed by atoms with Crippen LogP contribution in [0.1, 0.15) is 52.9 Å². The first-order valence-electron chi connectivity index (χ1n) is 18.4. The van der Waals surface area contributed by atoms with E-state index in [1.165, 1.54) is 21.6 Å². The summed E-state index contributed by atoms with van der Waals surface area (Å²) in [4.78, 5) is 33.1. The summed E-state index contributed by atoms with van der Waals surface area (Å²) in [6.07, 6.45) is -12.4. The van der Waals surface area contributed by atoms with Crippen LogP contribution in [0, 0.1) is 0 Å². The van der Waals surface area contributed by atoms with Crippen molar-refractivity contribution in [3.63, 3.8) is 0 Å². The number of rotatable bonds is 3. The number of nitrogens with one attached hydrogen (secondary N) is 1. The van der Waals surface area contributed by atoms with Crippen LogP contribution in [0.25, 0.3) is 0 Å². The minimum Gasteiger partial charge on any atom is -0.481 e. The van der Waals surface area contributed by atoms with Crippen LogP contribution < -0.4 is 5.32 Å². The summed E-state index contributed by atoms with van der Waals surface area (Å²) < 4.78 is 204. The Labute approximate surface area is 373 Å². The number of halogens is 19. The standard InChI is InChI=1S/C10H11F3N2.C9H9F3N2.C8H14F3N2.C6H11NO.C3H3F3O2.ClH.F6P/c1-15-3-2-9-7(6-15)4-8(5-14-9)10(11,12)13;10-9(11,12)7-3-6-4-13-2-1-8(6)14-5-7;1-12(2)5-7(6-13(3)4)8(9,10)11;1-7-4-2-6(8)3-5-7;4-3(5,6)1-2(7)8;;1-7(2,3,4,5)6/h4-5H,2-3,6H2,1H3;3,5,13H,1-2,4H2;5-6H,1-4H3;2-5H2,1H3;1H2,(H,7,8);1H;/q;;+1;;;;-1. The number of likely N-dealkylation sites (tertiary alicyclic amines) is 1. The number of piperidine rings is 1. The number of carbonyl (C=O) groups is 2. The van der Waals surface area contributed by atoms with Crippen LogP contribution in [0.3, 0.4) is 0 Å². The molecular weight excluding hydrogens is 987 g/mol. The number of hydrogen-bond acceptors (Lipinski definition) is 8. The van der Waals surface area contributed by atoms with Gasteiger partial charge in [0.15, 0.2) is 6.21 Å². The van der Waals surface area contributed by atoms with Crippen molar-refractivity contribution < 1.29 is 97.1 Å². The molecule has 3 aliphatic rings. The molecule has 2 aromatic heterocycles. The van der Waals surface area contributed by atoms with Gasteiger partial charge >= 0.3 is 63.7 Å². The van der Waals surface area contributed by atoms with Crippen LogP contribution in [0.2, 0.25) is 0 Å².